The van der Waals surface area contributed by atoms with Crippen molar-refractivity contribution < 1.29 is 31.5 Å². The van der Waals surface area contributed by atoms with Crippen molar-refractivity contribution in [3.05, 3.63) is 52.6 Å². The Morgan fingerprint density at radius 1 is 1.17 bits per heavy atom. The van der Waals surface area contributed by atoms with Gasteiger partial charge in [0.1, 0.15) is 18.4 Å². The fourth-order valence-electron chi connectivity index (χ4n) is 6.25. The molecular formula is C27H31F5N6O3. The molecule has 2 aromatic rings. The molecule has 2 fully saturated rings. The van der Waals surface area contributed by atoms with Crippen LogP contribution in [0.3, 0.4) is 0 Å². The molecule has 222 valence electrons. The van der Waals surface area contributed by atoms with E-state index >= 15 is 0 Å². The number of carbonyl (C=O) groups is 2. The number of alkyl halides is 3. The number of hydrogen-bond acceptors (Lipinski definition) is 4. The highest BCUT2D eigenvalue weighted by atomic mass is 19.4. The maximum Gasteiger partial charge on any atom is 0.406 e. The van der Waals surface area contributed by atoms with Crippen LogP contribution in [-0.4, -0.2) is 74.7 Å². The van der Waals surface area contributed by atoms with Gasteiger partial charge in [-0.2, -0.15) is 13.2 Å². The number of nitrogens with zero attached hydrogens (tertiary/aromatic N) is 4. The van der Waals surface area contributed by atoms with E-state index in [2.05, 4.69) is 15.3 Å². The Hall–Kier alpha value is -3.71. The van der Waals surface area contributed by atoms with Crippen LogP contribution in [0, 0.1) is 11.3 Å². The molecule has 3 aliphatic rings. The Bertz CT molecular complexity index is 1440. The average molecular weight is 583 g/mol. The molecule has 2 aliphatic heterocycles. The quantitative estimate of drug-likeness (QED) is 0.523. The average Bonchev–Trinajstić information content (AvgIpc) is 3.18. The molecule has 0 aromatic carbocycles. The number of aromatic nitrogens is 3. The summed E-state index contributed by atoms with van der Waals surface area (Å²) >= 11 is 0. The molecule has 3 atom stereocenters. The molecule has 0 radical (unpaired) electrons. The van der Waals surface area contributed by atoms with E-state index in [-0.39, 0.29) is 44.1 Å². The molecule has 9 nitrogen and oxygen atoms in total. The molecule has 2 N–H and O–H groups in total. The van der Waals surface area contributed by atoms with Crippen LogP contribution in [0.15, 0.2) is 46.9 Å². The van der Waals surface area contributed by atoms with Gasteiger partial charge in [0, 0.05) is 37.3 Å². The number of likely N-dealkylation sites (tertiary alicyclic amines) is 2. The lowest BCUT2D eigenvalue weighted by atomic mass is 9.69. The van der Waals surface area contributed by atoms with Gasteiger partial charge in [-0.1, -0.05) is 13.0 Å². The summed E-state index contributed by atoms with van der Waals surface area (Å²) in [6, 6.07) is 1.44. The zero-order valence-corrected chi connectivity index (χ0v) is 22.4. The Balaban J connectivity index is 1.28. The van der Waals surface area contributed by atoms with Gasteiger partial charge in [-0.05, 0) is 56.2 Å². The first kappa shape index (κ1) is 28.8. The molecule has 3 amide bonds. The van der Waals surface area contributed by atoms with Crippen LogP contribution in [0.2, 0.25) is 0 Å². The molecule has 1 unspecified atom stereocenters. The van der Waals surface area contributed by atoms with E-state index in [1.54, 1.807) is 22.9 Å². The highest BCUT2D eigenvalue weighted by molar-refractivity contribution is 5.87. The number of aromatic amines is 1. The Labute approximate surface area is 232 Å². The highest BCUT2D eigenvalue weighted by Crippen LogP contribution is 2.47. The van der Waals surface area contributed by atoms with Gasteiger partial charge in [-0.15, -0.1) is 0 Å². The van der Waals surface area contributed by atoms with Crippen LogP contribution in [0.5, 0.6) is 0 Å². The molecule has 2 aromatic heterocycles. The predicted molar refractivity (Wildman–Crippen MR) is 139 cm³/mol. The van der Waals surface area contributed by atoms with Crippen LogP contribution >= 0.6 is 0 Å². The molecule has 2 saturated heterocycles. The van der Waals surface area contributed by atoms with Crippen LogP contribution in [0.25, 0.3) is 11.2 Å². The minimum atomic E-state index is -4.72. The van der Waals surface area contributed by atoms with E-state index in [1.165, 1.54) is 17.9 Å². The van der Waals surface area contributed by atoms with Crippen molar-refractivity contribution in [3.8, 4) is 0 Å². The molecular weight excluding hydrogens is 551 g/mol. The summed E-state index contributed by atoms with van der Waals surface area (Å²) in [7, 11) is 0. The third-order valence-electron chi connectivity index (χ3n) is 8.55. The third kappa shape index (κ3) is 5.73. The lowest BCUT2D eigenvalue weighted by molar-refractivity contribution is -0.163. The lowest BCUT2D eigenvalue weighted by Crippen LogP contribution is -2.54. The number of H-pyrrole nitrogens is 1. The van der Waals surface area contributed by atoms with E-state index in [9.17, 15) is 36.3 Å². The topological polar surface area (TPSA) is 103 Å². The number of piperidine rings is 1. The molecule has 0 saturated carbocycles. The summed E-state index contributed by atoms with van der Waals surface area (Å²) in [5.74, 6) is -3.83. The third-order valence-corrected chi connectivity index (χ3v) is 8.55. The number of pyridine rings is 1. The van der Waals surface area contributed by atoms with Gasteiger partial charge in [-0.25, -0.2) is 23.4 Å². The number of fused-ring (bicyclic) bond motifs is 1. The number of carbonyl (C=O) groups excluding carboxylic acids is 2. The van der Waals surface area contributed by atoms with Crippen molar-refractivity contribution >= 4 is 23.1 Å². The Morgan fingerprint density at radius 3 is 2.61 bits per heavy atom. The fraction of sp³-hybridized carbons (Fsp3) is 0.556. The van der Waals surface area contributed by atoms with E-state index in [0.29, 0.717) is 28.9 Å². The smallest absolute Gasteiger partial charge is 0.331 e. The first-order valence-corrected chi connectivity index (χ1v) is 13.6. The molecule has 0 bridgehead atoms. The second-order valence-electron chi connectivity index (χ2n) is 11.2. The van der Waals surface area contributed by atoms with E-state index in [0.717, 1.165) is 6.08 Å². The van der Waals surface area contributed by atoms with Gasteiger partial charge < -0.3 is 15.1 Å². The molecule has 41 heavy (non-hydrogen) atoms. The first-order valence-electron chi connectivity index (χ1n) is 13.6. The SMILES string of the molecule is CC1([C@@H]2CC[C@@H](NC(=O)N3CCC(n4c(=O)[nH]c5ncccc54)CC3)C(=O)N(CC(F)(F)F)C2)CC=CC(F)=C1F. The largest absolute Gasteiger partial charge is 0.406 e. The number of imidazole rings is 1. The number of urea groups is 1. The van der Waals surface area contributed by atoms with Gasteiger partial charge >= 0.3 is 17.9 Å². The summed E-state index contributed by atoms with van der Waals surface area (Å²) in [4.78, 5) is 47.8. The van der Waals surface area contributed by atoms with Crippen LogP contribution in [0.1, 0.15) is 45.1 Å². The highest BCUT2D eigenvalue weighted by Gasteiger charge is 2.47. The number of amides is 3. The first-order chi connectivity index (χ1) is 19.4. The Kier molecular flexibility index (Phi) is 7.68. The summed E-state index contributed by atoms with van der Waals surface area (Å²) in [6.45, 7) is -0.0232. The number of rotatable bonds is 4. The predicted octanol–water partition coefficient (Wildman–Crippen LogP) is 4.36. The van der Waals surface area contributed by atoms with Crippen LogP contribution in [-0.2, 0) is 4.79 Å². The molecule has 14 heteroatoms. The summed E-state index contributed by atoms with van der Waals surface area (Å²) in [6.07, 6.45) is 0.324. The molecule has 4 heterocycles. The molecule has 5 rings (SSSR count). The van der Waals surface area contributed by atoms with Gasteiger partial charge in [-0.3, -0.25) is 14.3 Å². The standard InChI is InChI=1S/C27H31F5N6O3/c1-26(10-2-4-18(28)21(26)29)16-6-7-19(23(39)37(14-16)15-27(30,31)32)34-24(40)36-12-8-17(9-13-36)38-20-5-3-11-33-22(20)35-25(38)41/h2-5,11,16-17,19H,6-10,12-15H2,1H3,(H,34,40)(H,33,35,41)/t16-,19-,26?/m1/s1. The van der Waals surface area contributed by atoms with Crippen molar-refractivity contribution in [1.82, 2.24) is 29.7 Å². The van der Waals surface area contributed by atoms with E-state index in [1.807, 2.05) is 0 Å². The summed E-state index contributed by atoms with van der Waals surface area (Å²) in [5.41, 5.74) is -0.613. The fourth-order valence-corrected chi connectivity index (χ4v) is 6.25. The Morgan fingerprint density at radius 2 is 1.90 bits per heavy atom. The van der Waals surface area contributed by atoms with E-state index in [4.69, 9.17) is 0 Å². The van der Waals surface area contributed by atoms with Crippen molar-refractivity contribution in [3.63, 3.8) is 0 Å². The van der Waals surface area contributed by atoms with Gasteiger partial charge in [0.15, 0.2) is 11.5 Å². The van der Waals surface area contributed by atoms with Crippen molar-refractivity contribution in [2.75, 3.05) is 26.2 Å². The lowest BCUT2D eigenvalue weighted by Gasteiger charge is -2.39. The number of halogens is 5. The minimum absolute atomic E-state index is 0.0218. The van der Waals surface area contributed by atoms with Crippen molar-refractivity contribution in [2.45, 2.75) is 57.3 Å². The van der Waals surface area contributed by atoms with Crippen molar-refractivity contribution in [1.29, 1.82) is 0 Å². The van der Waals surface area contributed by atoms with Crippen molar-refractivity contribution in [2.24, 2.45) is 11.3 Å². The normalized spacial score (nSPS) is 26.5. The molecule has 1 aliphatic carbocycles. The number of hydrogen-bond donors (Lipinski definition) is 2. The van der Waals surface area contributed by atoms with Gasteiger partial charge in [0.2, 0.25) is 5.91 Å². The zero-order valence-electron chi connectivity index (χ0n) is 22.4. The van der Waals surface area contributed by atoms with Crippen LogP contribution < -0.4 is 11.0 Å². The monoisotopic (exact) mass is 582 g/mol. The summed E-state index contributed by atoms with van der Waals surface area (Å²) < 4.78 is 71.0. The maximum atomic E-state index is 14.9. The van der Waals surface area contributed by atoms with Gasteiger partial charge in [0.25, 0.3) is 0 Å². The van der Waals surface area contributed by atoms with Crippen LogP contribution in [0.4, 0.5) is 26.7 Å². The summed E-state index contributed by atoms with van der Waals surface area (Å²) in [5, 5.41) is 2.59. The number of nitrogens with one attached hydrogen (secondary N) is 2. The zero-order chi connectivity index (χ0) is 29.5. The second kappa shape index (κ2) is 10.9. The van der Waals surface area contributed by atoms with E-state index < -0.39 is 60.2 Å². The maximum absolute atomic E-state index is 14.9. The number of allylic oxidation sites excluding steroid dienone is 4. The van der Waals surface area contributed by atoms with Gasteiger partial charge in [0.05, 0.1) is 5.52 Å². The minimum Gasteiger partial charge on any atom is -0.331 e. The molecule has 0 spiro atoms. The second-order valence-corrected chi connectivity index (χ2v) is 11.2.